The van der Waals surface area contributed by atoms with Crippen molar-refractivity contribution in [2.24, 2.45) is 0 Å². The molecule has 2 aromatic carbocycles. The number of aromatic nitrogens is 1. The number of nitrogens with zero attached hydrogens (tertiary/aromatic N) is 1. The van der Waals surface area contributed by atoms with E-state index in [0.29, 0.717) is 28.4 Å². The third-order valence-corrected chi connectivity index (χ3v) is 5.76. The van der Waals surface area contributed by atoms with Crippen LogP contribution in [0.25, 0.3) is 10.2 Å². The fourth-order valence-electron chi connectivity index (χ4n) is 2.68. The van der Waals surface area contributed by atoms with Crippen LogP contribution in [0, 0.1) is 11.6 Å². The van der Waals surface area contributed by atoms with Crippen molar-refractivity contribution in [1.82, 2.24) is 15.6 Å². The zero-order valence-corrected chi connectivity index (χ0v) is 18.3. The molecule has 1 heterocycles. The molecule has 3 rings (SSSR count). The molecular formula is C19H18Cl2F2N4O2S. The number of hydrogen-bond acceptors (Lipinski definition) is 5. The van der Waals surface area contributed by atoms with E-state index in [1.165, 1.54) is 18.2 Å². The maximum Gasteiger partial charge on any atom is 0.321 e. The maximum absolute atomic E-state index is 14.5. The summed E-state index contributed by atoms with van der Waals surface area (Å²) in [5, 5.41) is 8.52. The van der Waals surface area contributed by atoms with Crippen LogP contribution in [0.4, 0.5) is 18.7 Å². The zero-order valence-electron chi connectivity index (χ0n) is 16.0. The highest BCUT2D eigenvalue weighted by Gasteiger charge is 2.21. The minimum absolute atomic E-state index is 0.0694. The van der Waals surface area contributed by atoms with Crippen LogP contribution in [0.1, 0.15) is 18.6 Å². The molecule has 3 aromatic rings. The molecule has 1 atom stereocenters. The SMILES string of the molecule is CNCCNC(=O)Nc1nc2cc(F)c(OC(C)c3c(Cl)ccc(F)c3Cl)cc2s1. The molecule has 0 radical (unpaired) electrons. The van der Waals surface area contributed by atoms with Crippen molar-refractivity contribution in [3.63, 3.8) is 0 Å². The van der Waals surface area contributed by atoms with Crippen molar-refractivity contribution < 1.29 is 18.3 Å². The number of ether oxygens (including phenoxy) is 1. The summed E-state index contributed by atoms with van der Waals surface area (Å²) in [4.78, 5) is 16.1. The van der Waals surface area contributed by atoms with E-state index >= 15 is 0 Å². The van der Waals surface area contributed by atoms with Crippen molar-refractivity contribution in [3.05, 3.63) is 51.5 Å². The number of carbonyl (C=O) groups is 1. The minimum Gasteiger partial charge on any atom is -0.483 e. The second-order valence-electron chi connectivity index (χ2n) is 6.27. The molecule has 0 aliphatic rings. The highest BCUT2D eigenvalue weighted by atomic mass is 35.5. The molecule has 0 aliphatic heterocycles. The third-order valence-electron chi connectivity index (χ3n) is 4.11. The quantitative estimate of drug-likeness (QED) is 0.318. The first kappa shape index (κ1) is 22.5. The predicted molar refractivity (Wildman–Crippen MR) is 116 cm³/mol. The summed E-state index contributed by atoms with van der Waals surface area (Å²) in [7, 11) is 1.78. The molecule has 11 heteroatoms. The van der Waals surface area contributed by atoms with Crippen LogP contribution in [0.15, 0.2) is 24.3 Å². The average Bonchev–Trinajstić information content (AvgIpc) is 3.06. The summed E-state index contributed by atoms with van der Waals surface area (Å²) in [5.41, 5.74) is 0.590. The number of carbonyl (C=O) groups excluding carboxylic acids is 1. The number of halogens is 4. The summed E-state index contributed by atoms with van der Waals surface area (Å²) >= 11 is 13.3. The Balaban J connectivity index is 1.80. The number of benzene rings is 2. The van der Waals surface area contributed by atoms with Crippen molar-refractivity contribution in [3.8, 4) is 5.75 Å². The zero-order chi connectivity index (χ0) is 21.8. The molecule has 0 saturated heterocycles. The Morgan fingerprint density at radius 3 is 2.73 bits per heavy atom. The average molecular weight is 475 g/mol. The Hall–Kier alpha value is -2.20. The fraction of sp³-hybridized carbons (Fsp3) is 0.263. The van der Waals surface area contributed by atoms with Crippen molar-refractivity contribution in [2.45, 2.75) is 13.0 Å². The number of thiazole rings is 1. The number of rotatable bonds is 7. The van der Waals surface area contributed by atoms with E-state index in [1.807, 2.05) is 0 Å². The van der Waals surface area contributed by atoms with Crippen molar-refractivity contribution in [2.75, 3.05) is 25.5 Å². The Bertz CT molecular complexity index is 1080. The van der Waals surface area contributed by atoms with Gasteiger partial charge >= 0.3 is 6.03 Å². The van der Waals surface area contributed by atoms with Crippen LogP contribution in [-0.4, -0.2) is 31.2 Å². The van der Waals surface area contributed by atoms with Crippen LogP contribution >= 0.6 is 34.5 Å². The normalized spacial score (nSPS) is 12.1. The summed E-state index contributed by atoms with van der Waals surface area (Å²) in [6.45, 7) is 2.66. The topological polar surface area (TPSA) is 75.3 Å². The van der Waals surface area contributed by atoms with Crippen LogP contribution in [-0.2, 0) is 0 Å². The van der Waals surface area contributed by atoms with Crippen molar-refractivity contribution in [1.29, 1.82) is 0 Å². The Morgan fingerprint density at radius 2 is 2.00 bits per heavy atom. The molecule has 2 amide bonds. The van der Waals surface area contributed by atoms with Gasteiger partial charge in [-0.3, -0.25) is 5.32 Å². The molecule has 6 nitrogen and oxygen atoms in total. The number of fused-ring (bicyclic) bond motifs is 1. The largest absolute Gasteiger partial charge is 0.483 e. The number of hydrogen-bond donors (Lipinski definition) is 3. The molecular weight excluding hydrogens is 457 g/mol. The monoisotopic (exact) mass is 474 g/mol. The molecule has 0 spiro atoms. The van der Waals surface area contributed by atoms with Crippen LogP contribution in [0.2, 0.25) is 10.0 Å². The number of nitrogens with one attached hydrogen (secondary N) is 3. The molecule has 0 fully saturated rings. The van der Waals surface area contributed by atoms with Crippen LogP contribution in [0.3, 0.4) is 0 Å². The highest BCUT2D eigenvalue weighted by molar-refractivity contribution is 7.22. The van der Waals surface area contributed by atoms with Gasteiger partial charge in [-0.15, -0.1) is 0 Å². The molecule has 1 unspecified atom stereocenters. The number of likely N-dealkylation sites (N-methyl/N-ethyl adjacent to an activating group) is 1. The summed E-state index contributed by atoms with van der Waals surface area (Å²) in [5.74, 6) is -1.37. The van der Waals surface area contributed by atoms with E-state index in [9.17, 15) is 13.6 Å². The summed E-state index contributed by atoms with van der Waals surface area (Å²) in [6.07, 6.45) is -0.809. The molecule has 160 valence electrons. The standard InChI is InChI=1S/C19H18Cl2F2N4O2S/c1-9(16-10(20)3-4-11(22)17(16)21)29-14-8-15-13(7-12(14)23)26-19(30-15)27-18(28)25-6-5-24-2/h3-4,7-9,24H,5-6H2,1-2H3,(H2,25,26,27,28). The second kappa shape index (κ2) is 9.74. The van der Waals surface area contributed by atoms with Gasteiger partial charge in [0.05, 0.1) is 15.2 Å². The number of amides is 2. The van der Waals surface area contributed by atoms with Gasteiger partial charge in [-0.2, -0.15) is 0 Å². The van der Waals surface area contributed by atoms with E-state index in [4.69, 9.17) is 27.9 Å². The van der Waals surface area contributed by atoms with Crippen molar-refractivity contribution >= 4 is 55.9 Å². The van der Waals surface area contributed by atoms with Gasteiger partial charge in [-0.05, 0) is 26.1 Å². The fourth-order valence-corrected chi connectivity index (χ4v) is 4.23. The third kappa shape index (κ3) is 5.10. The van der Waals surface area contributed by atoms with Gasteiger partial charge in [0.2, 0.25) is 0 Å². The first-order valence-electron chi connectivity index (χ1n) is 8.89. The van der Waals surface area contributed by atoms with E-state index < -0.39 is 23.8 Å². The van der Waals surface area contributed by atoms with Gasteiger partial charge in [0, 0.05) is 35.8 Å². The minimum atomic E-state index is -0.809. The lowest BCUT2D eigenvalue weighted by Gasteiger charge is -2.18. The van der Waals surface area contributed by atoms with E-state index in [1.54, 1.807) is 14.0 Å². The molecule has 1 aromatic heterocycles. The lowest BCUT2D eigenvalue weighted by atomic mass is 10.1. The van der Waals surface area contributed by atoms with Gasteiger partial charge in [0.15, 0.2) is 16.7 Å². The van der Waals surface area contributed by atoms with Crippen LogP contribution in [0.5, 0.6) is 5.75 Å². The van der Waals surface area contributed by atoms with Gasteiger partial charge in [0.1, 0.15) is 11.9 Å². The van der Waals surface area contributed by atoms with Gasteiger partial charge < -0.3 is 15.4 Å². The number of urea groups is 1. The van der Waals surface area contributed by atoms with E-state index in [-0.39, 0.29) is 21.4 Å². The lowest BCUT2D eigenvalue weighted by Crippen LogP contribution is -2.33. The molecule has 0 saturated carbocycles. The Kier molecular flexibility index (Phi) is 7.30. The van der Waals surface area contributed by atoms with E-state index in [2.05, 4.69) is 20.9 Å². The summed E-state index contributed by atoms with van der Waals surface area (Å²) in [6, 6.07) is 4.76. The predicted octanol–water partition coefficient (Wildman–Crippen LogP) is 5.36. The molecule has 0 bridgehead atoms. The Morgan fingerprint density at radius 1 is 1.23 bits per heavy atom. The second-order valence-corrected chi connectivity index (χ2v) is 8.09. The molecule has 30 heavy (non-hydrogen) atoms. The van der Waals surface area contributed by atoms with E-state index in [0.717, 1.165) is 17.4 Å². The molecule has 3 N–H and O–H groups in total. The lowest BCUT2D eigenvalue weighted by molar-refractivity contribution is 0.216. The molecule has 0 aliphatic carbocycles. The van der Waals surface area contributed by atoms with Gasteiger partial charge in [-0.1, -0.05) is 34.5 Å². The first-order chi connectivity index (χ1) is 14.3. The maximum atomic E-state index is 14.5. The first-order valence-corrected chi connectivity index (χ1v) is 10.5. The number of anilines is 1. The van der Waals surface area contributed by atoms with Gasteiger partial charge in [0.25, 0.3) is 0 Å². The Labute approximate surface area is 185 Å². The smallest absolute Gasteiger partial charge is 0.321 e. The van der Waals surface area contributed by atoms with Crippen LogP contribution < -0.4 is 20.7 Å². The summed E-state index contributed by atoms with van der Waals surface area (Å²) < 4.78 is 34.6. The highest BCUT2D eigenvalue weighted by Crippen LogP contribution is 2.37. The van der Waals surface area contributed by atoms with Gasteiger partial charge in [-0.25, -0.2) is 18.6 Å².